The summed E-state index contributed by atoms with van der Waals surface area (Å²) in [4.78, 5) is 16.8. The van der Waals surface area contributed by atoms with Gasteiger partial charge in [-0.05, 0) is 36.8 Å². The summed E-state index contributed by atoms with van der Waals surface area (Å²) < 4.78 is 0. The number of nitrogens with zero attached hydrogens (tertiary/aromatic N) is 2. The van der Waals surface area contributed by atoms with Crippen LogP contribution in [0.2, 0.25) is 5.02 Å². The fourth-order valence-electron chi connectivity index (χ4n) is 3.18. The maximum atomic E-state index is 12.6. The van der Waals surface area contributed by atoms with E-state index in [9.17, 15) is 4.79 Å². The number of nitrogen functional groups attached to an aromatic ring is 1. The molecule has 3 rings (SSSR count). The highest BCUT2D eigenvalue weighted by Crippen LogP contribution is 2.28. The summed E-state index contributed by atoms with van der Waals surface area (Å²) in [5.74, 6) is 0.0485. The molecule has 24 heavy (non-hydrogen) atoms. The summed E-state index contributed by atoms with van der Waals surface area (Å²) in [6, 6.07) is 15.3. The lowest BCUT2D eigenvalue weighted by molar-refractivity contribution is 0.0582. The van der Waals surface area contributed by atoms with Crippen molar-refractivity contribution in [1.82, 2.24) is 9.80 Å². The lowest BCUT2D eigenvalue weighted by Gasteiger charge is -2.38. The Kier molecular flexibility index (Phi) is 5.07. The van der Waals surface area contributed by atoms with Crippen molar-refractivity contribution in [2.24, 2.45) is 0 Å². The molecule has 4 nitrogen and oxygen atoms in total. The van der Waals surface area contributed by atoms with Crippen molar-refractivity contribution in [2.75, 3.05) is 31.9 Å². The Morgan fingerprint density at radius 1 is 1.08 bits per heavy atom. The first-order chi connectivity index (χ1) is 11.6. The van der Waals surface area contributed by atoms with Crippen molar-refractivity contribution in [3.8, 4) is 0 Å². The van der Waals surface area contributed by atoms with Crippen LogP contribution in [0.15, 0.2) is 48.5 Å². The Labute approximate surface area is 147 Å². The molecule has 1 amide bonds. The zero-order chi connectivity index (χ0) is 17.1. The Bertz CT molecular complexity index is 726. The van der Waals surface area contributed by atoms with E-state index in [1.54, 1.807) is 12.1 Å². The van der Waals surface area contributed by atoms with Gasteiger partial charge in [0.25, 0.3) is 5.91 Å². The number of anilines is 1. The van der Waals surface area contributed by atoms with Crippen molar-refractivity contribution in [3.63, 3.8) is 0 Å². The third kappa shape index (κ3) is 3.55. The Morgan fingerprint density at radius 2 is 1.79 bits per heavy atom. The van der Waals surface area contributed by atoms with Gasteiger partial charge < -0.3 is 10.6 Å². The van der Waals surface area contributed by atoms with Crippen LogP contribution in [0.3, 0.4) is 0 Å². The Balaban J connectivity index is 1.63. The maximum absolute atomic E-state index is 12.6. The normalized spacial score (nSPS) is 16.8. The first kappa shape index (κ1) is 16.8. The SMILES string of the molecule is CC(c1ccccc1Cl)N1CCN(C(=O)c2cccc(N)c2)CC1. The molecule has 1 saturated heterocycles. The highest BCUT2D eigenvalue weighted by Gasteiger charge is 2.26. The van der Waals surface area contributed by atoms with Crippen molar-refractivity contribution in [2.45, 2.75) is 13.0 Å². The third-order valence-corrected chi connectivity index (χ3v) is 4.98. The van der Waals surface area contributed by atoms with Crippen LogP contribution in [0.5, 0.6) is 0 Å². The number of hydrogen-bond donors (Lipinski definition) is 1. The molecule has 126 valence electrons. The van der Waals surface area contributed by atoms with Crippen LogP contribution >= 0.6 is 11.6 Å². The highest BCUT2D eigenvalue weighted by atomic mass is 35.5. The van der Waals surface area contributed by atoms with E-state index in [1.165, 1.54) is 0 Å². The number of amides is 1. The minimum absolute atomic E-state index is 0.0485. The molecule has 0 spiro atoms. The van der Waals surface area contributed by atoms with Gasteiger partial charge >= 0.3 is 0 Å². The van der Waals surface area contributed by atoms with E-state index >= 15 is 0 Å². The quantitative estimate of drug-likeness (QED) is 0.868. The zero-order valence-electron chi connectivity index (χ0n) is 13.8. The second-order valence-corrected chi connectivity index (χ2v) is 6.56. The number of halogens is 1. The predicted molar refractivity (Wildman–Crippen MR) is 98.2 cm³/mol. The summed E-state index contributed by atoms with van der Waals surface area (Å²) in [6.07, 6.45) is 0. The van der Waals surface area contributed by atoms with Crippen molar-refractivity contribution in [3.05, 3.63) is 64.7 Å². The van der Waals surface area contributed by atoms with Crippen LogP contribution in [-0.2, 0) is 0 Å². The molecule has 0 saturated carbocycles. The smallest absolute Gasteiger partial charge is 0.254 e. The summed E-state index contributed by atoms with van der Waals surface area (Å²) in [6.45, 7) is 5.25. The van der Waals surface area contributed by atoms with E-state index < -0.39 is 0 Å². The number of rotatable bonds is 3. The number of benzene rings is 2. The van der Waals surface area contributed by atoms with Crippen LogP contribution < -0.4 is 5.73 Å². The first-order valence-electron chi connectivity index (χ1n) is 8.19. The first-order valence-corrected chi connectivity index (χ1v) is 8.57. The molecule has 0 aliphatic carbocycles. The lowest BCUT2D eigenvalue weighted by atomic mass is 10.1. The molecule has 2 aromatic carbocycles. The van der Waals surface area contributed by atoms with Gasteiger partial charge in [0.15, 0.2) is 0 Å². The molecule has 0 bridgehead atoms. The molecule has 1 unspecified atom stereocenters. The lowest BCUT2D eigenvalue weighted by Crippen LogP contribution is -2.49. The van der Waals surface area contributed by atoms with E-state index in [0.717, 1.165) is 23.7 Å². The molecule has 1 aliphatic rings. The van der Waals surface area contributed by atoms with Gasteiger partial charge in [-0.2, -0.15) is 0 Å². The van der Waals surface area contributed by atoms with Crippen LogP contribution in [0, 0.1) is 0 Å². The zero-order valence-corrected chi connectivity index (χ0v) is 14.5. The monoisotopic (exact) mass is 343 g/mol. The fourth-order valence-corrected chi connectivity index (χ4v) is 3.47. The van der Waals surface area contributed by atoms with Crippen LogP contribution in [-0.4, -0.2) is 41.9 Å². The summed E-state index contributed by atoms with van der Waals surface area (Å²) in [7, 11) is 0. The third-order valence-electron chi connectivity index (χ3n) is 4.64. The van der Waals surface area contributed by atoms with E-state index in [4.69, 9.17) is 17.3 Å². The summed E-state index contributed by atoms with van der Waals surface area (Å²) in [5.41, 5.74) is 8.18. The summed E-state index contributed by atoms with van der Waals surface area (Å²) in [5, 5.41) is 0.795. The maximum Gasteiger partial charge on any atom is 0.254 e. The molecule has 2 aromatic rings. The number of hydrogen-bond acceptors (Lipinski definition) is 3. The van der Waals surface area contributed by atoms with Gasteiger partial charge in [0.1, 0.15) is 0 Å². The fraction of sp³-hybridized carbons (Fsp3) is 0.316. The van der Waals surface area contributed by atoms with Gasteiger partial charge in [0.05, 0.1) is 0 Å². The molecule has 2 N–H and O–H groups in total. The van der Waals surface area contributed by atoms with Crippen molar-refractivity contribution in [1.29, 1.82) is 0 Å². The topological polar surface area (TPSA) is 49.6 Å². The molecule has 1 fully saturated rings. The van der Waals surface area contributed by atoms with Crippen LogP contribution in [0.4, 0.5) is 5.69 Å². The van der Waals surface area contributed by atoms with E-state index in [2.05, 4.69) is 17.9 Å². The molecule has 5 heteroatoms. The van der Waals surface area contributed by atoms with E-state index in [-0.39, 0.29) is 11.9 Å². The number of carbonyl (C=O) groups is 1. The van der Waals surface area contributed by atoms with Gasteiger partial charge in [0, 0.05) is 48.5 Å². The number of carbonyl (C=O) groups excluding carboxylic acids is 1. The molecule has 1 atom stereocenters. The van der Waals surface area contributed by atoms with Gasteiger partial charge in [-0.1, -0.05) is 35.9 Å². The molecular formula is C19H22ClN3O. The average molecular weight is 344 g/mol. The Hall–Kier alpha value is -2.04. The van der Waals surface area contributed by atoms with Gasteiger partial charge in [-0.25, -0.2) is 0 Å². The predicted octanol–water partition coefficient (Wildman–Crippen LogP) is 3.44. The highest BCUT2D eigenvalue weighted by molar-refractivity contribution is 6.31. The minimum atomic E-state index is 0.0485. The van der Waals surface area contributed by atoms with E-state index in [1.807, 2.05) is 35.2 Å². The van der Waals surface area contributed by atoms with Gasteiger partial charge in [0.2, 0.25) is 0 Å². The van der Waals surface area contributed by atoms with Gasteiger partial charge in [-0.15, -0.1) is 0 Å². The van der Waals surface area contributed by atoms with Gasteiger partial charge in [-0.3, -0.25) is 9.69 Å². The molecular weight excluding hydrogens is 322 g/mol. The molecule has 0 aromatic heterocycles. The van der Waals surface area contributed by atoms with Crippen LogP contribution in [0.25, 0.3) is 0 Å². The van der Waals surface area contributed by atoms with Crippen LogP contribution in [0.1, 0.15) is 28.9 Å². The summed E-state index contributed by atoms with van der Waals surface area (Å²) >= 11 is 6.31. The van der Waals surface area contributed by atoms with E-state index in [0.29, 0.717) is 24.3 Å². The number of nitrogens with two attached hydrogens (primary N) is 1. The largest absolute Gasteiger partial charge is 0.399 e. The standard InChI is InChI=1S/C19H22ClN3O/c1-14(17-7-2-3-8-18(17)20)22-9-11-23(12-10-22)19(24)15-5-4-6-16(21)13-15/h2-8,13-14H,9-12,21H2,1H3. The second kappa shape index (κ2) is 7.24. The minimum Gasteiger partial charge on any atom is -0.399 e. The molecule has 1 aliphatic heterocycles. The average Bonchev–Trinajstić information content (AvgIpc) is 2.61. The molecule has 0 radical (unpaired) electrons. The Morgan fingerprint density at radius 3 is 2.46 bits per heavy atom. The number of piperazine rings is 1. The van der Waals surface area contributed by atoms with Crippen molar-refractivity contribution >= 4 is 23.2 Å². The molecule has 1 heterocycles. The second-order valence-electron chi connectivity index (χ2n) is 6.15. The van der Waals surface area contributed by atoms with Crippen molar-refractivity contribution < 1.29 is 4.79 Å².